The van der Waals surface area contributed by atoms with E-state index >= 15 is 0 Å². The quantitative estimate of drug-likeness (QED) is 0.726. The van der Waals surface area contributed by atoms with E-state index < -0.39 is 0 Å². The number of methoxy groups -OCH3 is 2. The Morgan fingerprint density at radius 3 is 2.21 bits per heavy atom. The van der Waals surface area contributed by atoms with Crippen molar-refractivity contribution in [3.63, 3.8) is 0 Å². The van der Waals surface area contributed by atoms with Crippen molar-refractivity contribution in [1.29, 1.82) is 0 Å². The van der Waals surface area contributed by atoms with Crippen molar-refractivity contribution in [2.24, 2.45) is 0 Å². The van der Waals surface area contributed by atoms with Crippen LogP contribution in [0.2, 0.25) is 0 Å². The van der Waals surface area contributed by atoms with E-state index in [0.717, 1.165) is 11.3 Å². The summed E-state index contributed by atoms with van der Waals surface area (Å²) < 4.78 is 10.5. The first-order valence-corrected chi connectivity index (χ1v) is 4.58. The highest BCUT2D eigenvalue weighted by molar-refractivity contribution is 5.44. The lowest BCUT2D eigenvalue weighted by atomic mass is 9.87. The summed E-state index contributed by atoms with van der Waals surface area (Å²) in [5.74, 6) is 1.46. The fourth-order valence-electron chi connectivity index (χ4n) is 1.44. The molecule has 0 aliphatic carbocycles. The Morgan fingerprint density at radius 2 is 1.79 bits per heavy atom. The third-order valence-corrected chi connectivity index (χ3v) is 2.04. The van der Waals surface area contributed by atoms with Crippen LogP contribution in [-0.2, 0) is 5.41 Å². The summed E-state index contributed by atoms with van der Waals surface area (Å²) in [6, 6.07) is 1.85. The topological polar surface area (TPSA) is 31.4 Å². The normalized spacial score (nSPS) is 11.2. The molecule has 1 aromatic rings. The summed E-state index contributed by atoms with van der Waals surface area (Å²) in [4.78, 5) is 4.17. The molecular weight excluding hydrogens is 178 g/mol. The zero-order valence-corrected chi connectivity index (χ0v) is 9.42. The molecule has 14 heavy (non-hydrogen) atoms. The first-order chi connectivity index (χ1) is 6.50. The minimum absolute atomic E-state index is 0.0368. The Hall–Kier alpha value is -1.25. The van der Waals surface area contributed by atoms with Gasteiger partial charge in [0.15, 0.2) is 0 Å². The zero-order valence-electron chi connectivity index (χ0n) is 9.42. The second-order valence-corrected chi connectivity index (χ2v) is 4.15. The van der Waals surface area contributed by atoms with E-state index in [2.05, 4.69) is 25.8 Å². The largest absolute Gasteiger partial charge is 0.496 e. The van der Waals surface area contributed by atoms with Gasteiger partial charge < -0.3 is 9.47 Å². The van der Waals surface area contributed by atoms with Gasteiger partial charge in [0, 0.05) is 6.20 Å². The summed E-state index contributed by atoms with van der Waals surface area (Å²) >= 11 is 0. The van der Waals surface area contributed by atoms with Crippen LogP contribution >= 0.6 is 0 Å². The number of hydrogen-bond acceptors (Lipinski definition) is 3. The summed E-state index contributed by atoms with van der Waals surface area (Å²) in [7, 11) is 3.28. The Kier molecular flexibility index (Phi) is 2.99. The van der Waals surface area contributed by atoms with Gasteiger partial charge in [-0.05, 0) is 11.5 Å². The summed E-state index contributed by atoms with van der Waals surface area (Å²) in [5.41, 5.74) is 0.968. The van der Waals surface area contributed by atoms with Gasteiger partial charge in [0.2, 0.25) is 5.88 Å². The smallest absolute Gasteiger partial charge is 0.220 e. The van der Waals surface area contributed by atoms with E-state index in [1.807, 2.05) is 6.07 Å². The monoisotopic (exact) mass is 195 g/mol. The number of aromatic nitrogens is 1. The molecule has 1 aromatic heterocycles. The SMILES string of the molecule is COc1ccnc(OC)c1C(C)(C)C. The van der Waals surface area contributed by atoms with Crippen LogP contribution in [0.25, 0.3) is 0 Å². The fourth-order valence-corrected chi connectivity index (χ4v) is 1.44. The lowest BCUT2D eigenvalue weighted by molar-refractivity contribution is 0.356. The van der Waals surface area contributed by atoms with E-state index in [-0.39, 0.29) is 5.41 Å². The molecule has 1 rings (SSSR count). The van der Waals surface area contributed by atoms with Gasteiger partial charge in [-0.25, -0.2) is 4.98 Å². The van der Waals surface area contributed by atoms with Crippen LogP contribution in [0.15, 0.2) is 12.3 Å². The van der Waals surface area contributed by atoms with Crippen molar-refractivity contribution in [3.05, 3.63) is 17.8 Å². The van der Waals surface area contributed by atoms with Gasteiger partial charge in [-0.2, -0.15) is 0 Å². The van der Waals surface area contributed by atoms with Crippen LogP contribution in [0.5, 0.6) is 11.6 Å². The van der Waals surface area contributed by atoms with Crippen molar-refractivity contribution in [1.82, 2.24) is 4.98 Å². The highest BCUT2D eigenvalue weighted by atomic mass is 16.5. The molecule has 0 bridgehead atoms. The van der Waals surface area contributed by atoms with Crippen molar-refractivity contribution >= 4 is 0 Å². The number of nitrogens with zero attached hydrogens (tertiary/aromatic N) is 1. The fraction of sp³-hybridized carbons (Fsp3) is 0.545. The molecule has 0 aromatic carbocycles. The third-order valence-electron chi connectivity index (χ3n) is 2.04. The summed E-state index contributed by atoms with van der Waals surface area (Å²) in [5, 5.41) is 0. The molecule has 3 nitrogen and oxygen atoms in total. The van der Waals surface area contributed by atoms with E-state index in [1.54, 1.807) is 20.4 Å². The molecule has 0 spiro atoms. The molecular formula is C11H17NO2. The average molecular weight is 195 g/mol. The van der Waals surface area contributed by atoms with Gasteiger partial charge >= 0.3 is 0 Å². The molecule has 0 fully saturated rings. The predicted molar refractivity (Wildman–Crippen MR) is 56.0 cm³/mol. The van der Waals surface area contributed by atoms with Crippen molar-refractivity contribution in [2.45, 2.75) is 26.2 Å². The van der Waals surface area contributed by atoms with Crippen molar-refractivity contribution < 1.29 is 9.47 Å². The Morgan fingerprint density at radius 1 is 1.14 bits per heavy atom. The molecule has 0 aliphatic heterocycles. The van der Waals surface area contributed by atoms with E-state index in [0.29, 0.717) is 5.88 Å². The minimum atomic E-state index is -0.0368. The second kappa shape index (κ2) is 3.86. The van der Waals surface area contributed by atoms with Crippen LogP contribution in [-0.4, -0.2) is 19.2 Å². The Bertz CT molecular complexity index is 293. The number of rotatable bonds is 2. The lowest BCUT2D eigenvalue weighted by Gasteiger charge is -2.23. The number of pyridine rings is 1. The standard InChI is InChI=1S/C11H17NO2/c1-11(2,3)9-8(13-4)6-7-12-10(9)14-5/h6-7H,1-5H3. The molecule has 78 valence electrons. The van der Waals surface area contributed by atoms with Crippen LogP contribution in [0, 0.1) is 0 Å². The zero-order chi connectivity index (χ0) is 10.8. The molecule has 3 heteroatoms. The van der Waals surface area contributed by atoms with E-state index in [9.17, 15) is 0 Å². The lowest BCUT2D eigenvalue weighted by Crippen LogP contribution is -2.15. The molecule has 0 radical (unpaired) electrons. The molecule has 0 aliphatic rings. The molecule has 0 amide bonds. The van der Waals surface area contributed by atoms with Crippen LogP contribution in [0.1, 0.15) is 26.3 Å². The highest BCUT2D eigenvalue weighted by Gasteiger charge is 2.24. The second-order valence-electron chi connectivity index (χ2n) is 4.15. The summed E-state index contributed by atoms with van der Waals surface area (Å²) in [6.07, 6.45) is 1.69. The Balaban J connectivity index is 3.34. The minimum Gasteiger partial charge on any atom is -0.496 e. The predicted octanol–water partition coefficient (Wildman–Crippen LogP) is 2.40. The molecule has 0 saturated carbocycles. The molecule has 1 heterocycles. The highest BCUT2D eigenvalue weighted by Crippen LogP contribution is 2.36. The number of ether oxygens (including phenoxy) is 2. The maximum absolute atomic E-state index is 5.29. The van der Waals surface area contributed by atoms with Gasteiger partial charge in [0.05, 0.1) is 19.8 Å². The molecule has 0 saturated heterocycles. The third kappa shape index (κ3) is 1.97. The Labute approximate surface area is 85.1 Å². The van der Waals surface area contributed by atoms with Gasteiger partial charge in [-0.1, -0.05) is 20.8 Å². The maximum atomic E-state index is 5.29. The van der Waals surface area contributed by atoms with Crippen molar-refractivity contribution in [3.8, 4) is 11.6 Å². The van der Waals surface area contributed by atoms with E-state index in [1.165, 1.54) is 0 Å². The van der Waals surface area contributed by atoms with Gasteiger partial charge in [0.25, 0.3) is 0 Å². The first kappa shape index (κ1) is 10.8. The van der Waals surface area contributed by atoms with Crippen LogP contribution < -0.4 is 9.47 Å². The van der Waals surface area contributed by atoms with E-state index in [4.69, 9.17) is 9.47 Å². The maximum Gasteiger partial charge on any atom is 0.220 e. The molecule has 0 unspecified atom stereocenters. The van der Waals surface area contributed by atoms with Gasteiger partial charge in [0.1, 0.15) is 5.75 Å². The number of hydrogen-bond donors (Lipinski definition) is 0. The first-order valence-electron chi connectivity index (χ1n) is 4.58. The molecule has 0 N–H and O–H groups in total. The summed E-state index contributed by atoms with van der Waals surface area (Å²) in [6.45, 7) is 6.32. The van der Waals surface area contributed by atoms with Crippen LogP contribution in [0.3, 0.4) is 0 Å². The van der Waals surface area contributed by atoms with Crippen molar-refractivity contribution in [2.75, 3.05) is 14.2 Å². The van der Waals surface area contributed by atoms with Gasteiger partial charge in [-0.3, -0.25) is 0 Å². The molecule has 0 atom stereocenters. The van der Waals surface area contributed by atoms with Gasteiger partial charge in [-0.15, -0.1) is 0 Å². The average Bonchev–Trinajstić information content (AvgIpc) is 2.15. The van der Waals surface area contributed by atoms with Crippen LogP contribution in [0.4, 0.5) is 0 Å².